The molecule has 1 N–H and O–H groups in total. The number of aliphatic carboxylic acids is 1. The minimum atomic E-state index is -0.682. The molecule has 0 spiro atoms. The fourth-order valence-electron chi connectivity index (χ4n) is 2.98. The monoisotopic (exact) mass is 246 g/mol. The molecule has 18 heavy (non-hydrogen) atoms. The Morgan fingerprint density at radius 3 is 2.83 bits per heavy atom. The summed E-state index contributed by atoms with van der Waals surface area (Å²) in [6.45, 7) is 2.07. The van der Waals surface area contributed by atoms with E-state index >= 15 is 0 Å². The number of carbonyl (C=O) groups is 1. The summed E-state index contributed by atoms with van der Waals surface area (Å²) >= 11 is 0. The summed E-state index contributed by atoms with van der Waals surface area (Å²) in [5, 5.41) is 9.45. The first kappa shape index (κ1) is 11.6. The van der Waals surface area contributed by atoms with E-state index < -0.39 is 11.4 Å². The van der Waals surface area contributed by atoms with Gasteiger partial charge in [-0.25, -0.2) is 0 Å². The molecule has 1 fully saturated rings. The first-order valence-electron chi connectivity index (χ1n) is 6.65. The quantitative estimate of drug-likeness (QED) is 0.872. The molecular weight excluding hydrogens is 228 g/mol. The summed E-state index contributed by atoms with van der Waals surface area (Å²) in [6.07, 6.45) is 4.80. The van der Waals surface area contributed by atoms with Crippen LogP contribution in [0.5, 0.6) is 5.75 Å². The van der Waals surface area contributed by atoms with Gasteiger partial charge in [0.25, 0.3) is 0 Å². The van der Waals surface area contributed by atoms with E-state index in [4.69, 9.17) is 4.74 Å². The molecular formula is C15H18O3. The molecule has 0 aromatic heterocycles. The van der Waals surface area contributed by atoms with Crippen molar-refractivity contribution in [2.24, 2.45) is 0 Å². The Labute approximate surface area is 107 Å². The molecule has 1 unspecified atom stereocenters. The predicted molar refractivity (Wildman–Crippen MR) is 68.0 cm³/mol. The number of hydrogen-bond donors (Lipinski definition) is 1. The fourth-order valence-corrected chi connectivity index (χ4v) is 2.98. The predicted octanol–water partition coefficient (Wildman–Crippen LogP) is 2.91. The number of hydrogen-bond acceptors (Lipinski definition) is 2. The van der Waals surface area contributed by atoms with Gasteiger partial charge in [-0.1, -0.05) is 18.6 Å². The normalized spacial score (nSPS) is 24.6. The topological polar surface area (TPSA) is 46.5 Å². The Hall–Kier alpha value is -1.51. The zero-order valence-electron chi connectivity index (χ0n) is 10.6. The van der Waals surface area contributed by atoms with Crippen molar-refractivity contribution in [1.82, 2.24) is 0 Å². The number of carboxylic acid groups (broad SMARTS) is 1. The Morgan fingerprint density at radius 1 is 1.44 bits per heavy atom. The van der Waals surface area contributed by atoms with Gasteiger partial charge in [-0.2, -0.15) is 0 Å². The Kier molecular flexibility index (Phi) is 2.58. The summed E-state index contributed by atoms with van der Waals surface area (Å²) in [4.78, 5) is 11.5. The molecule has 3 heteroatoms. The van der Waals surface area contributed by atoms with E-state index in [1.54, 1.807) is 0 Å². The third kappa shape index (κ3) is 1.61. The van der Waals surface area contributed by atoms with Gasteiger partial charge < -0.3 is 9.84 Å². The lowest BCUT2D eigenvalue weighted by Crippen LogP contribution is -2.42. The van der Waals surface area contributed by atoms with Crippen molar-refractivity contribution in [2.45, 2.75) is 50.5 Å². The molecule has 1 aromatic rings. The number of aryl methyl sites for hydroxylation is 1. The van der Waals surface area contributed by atoms with Gasteiger partial charge in [-0.05, 0) is 49.8 Å². The molecule has 2 aliphatic rings. The summed E-state index contributed by atoms with van der Waals surface area (Å²) in [5.74, 6) is 0.246. The third-order valence-electron chi connectivity index (χ3n) is 4.38. The largest absolute Gasteiger partial charge is 0.490 e. The average Bonchev–Trinajstić information content (AvgIpc) is 2.27. The summed E-state index contributed by atoms with van der Waals surface area (Å²) in [5.41, 5.74) is 1.49. The Bertz CT molecular complexity index is 489. The van der Waals surface area contributed by atoms with Crippen molar-refractivity contribution in [3.63, 3.8) is 0 Å². The van der Waals surface area contributed by atoms with Gasteiger partial charge in [0.1, 0.15) is 5.75 Å². The fraction of sp³-hybridized carbons (Fsp3) is 0.533. The molecule has 0 bridgehead atoms. The molecule has 0 amide bonds. The van der Waals surface area contributed by atoms with Crippen LogP contribution in [0.2, 0.25) is 0 Å². The third-order valence-corrected chi connectivity index (χ3v) is 4.38. The van der Waals surface area contributed by atoms with Crippen LogP contribution < -0.4 is 4.74 Å². The van der Waals surface area contributed by atoms with Crippen molar-refractivity contribution in [1.29, 1.82) is 0 Å². The van der Waals surface area contributed by atoms with E-state index in [0.717, 1.165) is 49.0 Å². The highest BCUT2D eigenvalue weighted by Crippen LogP contribution is 2.45. The molecule has 3 rings (SSSR count). The van der Waals surface area contributed by atoms with Gasteiger partial charge in [0.15, 0.2) is 0 Å². The smallest absolute Gasteiger partial charge is 0.314 e. The maximum Gasteiger partial charge on any atom is 0.314 e. The molecule has 3 nitrogen and oxygen atoms in total. The molecule has 0 radical (unpaired) electrons. The van der Waals surface area contributed by atoms with Crippen molar-refractivity contribution in [3.8, 4) is 5.75 Å². The van der Waals surface area contributed by atoms with Crippen LogP contribution in [-0.2, 0) is 16.6 Å². The second-order valence-corrected chi connectivity index (χ2v) is 5.53. The van der Waals surface area contributed by atoms with Gasteiger partial charge in [-0.15, -0.1) is 0 Å². The van der Waals surface area contributed by atoms with Crippen LogP contribution in [0, 0.1) is 0 Å². The number of rotatable bonds is 2. The van der Waals surface area contributed by atoms with Crippen LogP contribution in [0.4, 0.5) is 0 Å². The molecule has 1 saturated carbocycles. The summed E-state index contributed by atoms with van der Waals surface area (Å²) < 4.78 is 5.76. The van der Waals surface area contributed by atoms with Crippen molar-refractivity contribution >= 4 is 5.97 Å². The zero-order valence-corrected chi connectivity index (χ0v) is 10.6. The van der Waals surface area contributed by atoms with Crippen LogP contribution in [0.15, 0.2) is 18.2 Å². The van der Waals surface area contributed by atoms with Crippen LogP contribution in [-0.4, -0.2) is 17.2 Å². The lowest BCUT2D eigenvalue weighted by atomic mass is 9.64. The van der Waals surface area contributed by atoms with Crippen LogP contribution in [0.25, 0.3) is 0 Å². The summed E-state index contributed by atoms with van der Waals surface area (Å²) in [6, 6.07) is 5.93. The highest BCUT2D eigenvalue weighted by Gasteiger charge is 2.46. The molecule has 1 aliphatic heterocycles. The minimum Gasteiger partial charge on any atom is -0.490 e. The van der Waals surface area contributed by atoms with Gasteiger partial charge in [0, 0.05) is 0 Å². The SMILES string of the molecule is CC1CCc2cc(C3(C(=O)O)CCC3)ccc2O1. The molecule has 0 saturated heterocycles. The van der Waals surface area contributed by atoms with Crippen LogP contribution >= 0.6 is 0 Å². The molecule has 1 atom stereocenters. The van der Waals surface area contributed by atoms with E-state index in [9.17, 15) is 9.90 Å². The Balaban J connectivity index is 1.97. The Morgan fingerprint density at radius 2 is 2.22 bits per heavy atom. The zero-order chi connectivity index (χ0) is 12.8. The van der Waals surface area contributed by atoms with Crippen molar-refractivity contribution in [2.75, 3.05) is 0 Å². The van der Waals surface area contributed by atoms with E-state index in [1.165, 1.54) is 0 Å². The van der Waals surface area contributed by atoms with Crippen LogP contribution in [0.1, 0.15) is 43.7 Å². The number of fused-ring (bicyclic) bond motifs is 1. The first-order chi connectivity index (χ1) is 8.62. The van der Waals surface area contributed by atoms with E-state index in [0.29, 0.717) is 0 Å². The van der Waals surface area contributed by atoms with E-state index in [-0.39, 0.29) is 6.10 Å². The second kappa shape index (κ2) is 4.01. The van der Waals surface area contributed by atoms with Gasteiger partial charge >= 0.3 is 5.97 Å². The van der Waals surface area contributed by atoms with Crippen molar-refractivity contribution in [3.05, 3.63) is 29.3 Å². The molecule has 1 aliphatic carbocycles. The van der Waals surface area contributed by atoms with Gasteiger partial charge in [0.05, 0.1) is 11.5 Å². The molecule has 1 heterocycles. The standard InChI is InChI=1S/C15H18O3/c1-10-3-4-11-9-12(5-6-13(11)18-10)15(14(16)17)7-2-8-15/h5-6,9-10H,2-4,7-8H2,1H3,(H,16,17). The highest BCUT2D eigenvalue weighted by atomic mass is 16.5. The first-order valence-corrected chi connectivity index (χ1v) is 6.65. The van der Waals surface area contributed by atoms with Gasteiger partial charge in [-0.3, -0.25) is 4.79 Å². The lowest BCUT2D eigenvalue weighted by molar-refractivity contribution is -0.147. The molecule has 1 aromatic carbocycles. The van der Waals surface area contributed by atoms with Gasteiger partial charge in [0.2, 0.25) is 0 Å². The highest BCUT2D eigenvalue weighted by molar-refractivity contribution is 5.82. The number of benzene rings is 1. The lowest BCUT2D eigenvalue weighted by Gasteiger charge is -2.38. The number of carboxylic acids is 1. The second-order valence-electron chi connectivity index (χ2n) is 5.53. The van der Waals surface area contributed by atoms with Crippen molar-refractivity contribution < 1.29 is 14.6 Å². The summed E-state index contributed by atoms with van der Waals surface area (Å²) in [7, 11) is 0. The maximum absolute atomic E-state index is 11.5. The van der Waals surface area contributed by atoms with E-state index in [2.05, 4.69) is 13.0 Å². The minimum absolute atomic E-state index is 0.264. The van der Waals surface area contributed by atoms with E-state index in [1.807, 2.05) is 12.1 Å². The molecule has 96 valence electrons. The van der Waals surface area contributed by atoms with Crippen LogP contribution in [0.3, 0.4) is 0 Å². The number of ether oxygens (including phenoxy) is 1. The average molecular weight is 246 g/mol. The maximum atomic E-state index is 11.5.